The van der Waals surface area contributed by atoms with Gasteiger partial charge in [0.2, 0.25) is 11.8 Å². The first-order valence-electron chi connectivity index (χ1n) is 14.7. The number of fused-ring (bicyclic) bond motifs is 1. The van der Waals surface area contributed by atoms with Gasteiger partial charge in [0, 0.05) is 59.8 Å². The summed E-state index contributed by atoms with van der Waals surface area (Å²) in [6, 6.07) is 4.98. The van der Waals surface area contributed by atoms with E-state index in [1.54, 1.807) is 4.90 Å². The molecular weight excluding hydrogens is 594 g/mol. The minimum atomic E-state index is -1.21. The lowest BCUT2D eigenvalue weighted by Crippen LogP contribution is -2.63. The van der Waals surface area contributed by atoms with Crippen LogP contribution < -0.4 is 5.73 Å². The largest absolute Gasteiger partial charge is 0.477 e. The van der Waals surface area contributed by atoms with Crippen molar-refractivity contribution in [2.75, 3.05) is 19.6 Å². The molecule has 1 unspecified atom stereocenters. The van der Waals surface area contributed by atoms with Gasteiger partial charge in [0.1, 0.15) is 12.3 Å². The van der Waals surface area contributed by atoms with E-state index in [2.05, 4.69) is 4.90 Å². The maximum absolute atomic E-state index is 13.4. The molecule has 0 spiro atoms. The maximum Gasteiger partial charge on any atom is 0.410 e. The number of β-lactam (4-membered cyclic amide) rings is 1. The SMILES string of the molecule is C[C@@H](O)[C@H]1C(=O)N2C(C(=O)O)=C(S[C@H]3C[C@@H](CN4CCCC4CC(N)=O)N(C(=O)OCc4ccc([N+](=O)[O-])cc4)C3)[C@H](C)[C@H]12. The zero-order chi connectivity index (χ0) is 31.9. The van der Waals surface area contributed by atoms with E-state index in [9.17, 15) is 39.5 Å². The Kier molecular flexibility index (Phi) is 9.18. The van der Waals surface area contributed by atoms with Gasteiger partial charge >= 0.3 is 12.1 Å². The number of rotatable bonds is 11. The number of thioether (sulfide) groups is 1. The Hall–Kier alpha value is -3.69. The van der Waals surface area contributed by atoms with Crippen molar-refractivity contribution in [2.45, 2.75) is 75.6 Å². The van der Waals surface area contributed by atoms with Crippen molar-refractivity contribution in [1.82, 2.24) is 14.7 Å². The average Bonchev–Trinajstić information content (AvgIpc) is 3.63. The smallest absolute Gasteiger partial charge is 0.410 e. The highest BCUT2D eigenvalue weighted by Crippen LogP contribution is 2.52. The summed E-state index contributed by atoms with van der Waals surface area (Å²) in [5.41, 5.74) is 5.93. The maximum atomic E-state index is 13.4. The van der Waals surface area contributed by atoms with Crippen LogP contribution in [0.4, 0.5) is 10.5 Å². The van der Waals surface area contributed by atoms with Crippen molar-refractivity contribution < 1.29 is 39.1 Å². The zero-order valence-corrected chi connectivity index (χ0v) is 25.4. The number of hydrogen-bond acceptors (Lipinski definition) is 10. The predicted molar refractivity (Wildman–Crippen MR) is 158 cm³/mol. The molecule has 238 valence electrons. The molecule has 14 nitrogen and oxygen atoms in total. The van der Waals surface area contributed by atoms with Crippen LogP contribution in [0.3, 0.4) is 0 Å². The van der Waals surface area contributed by atoms with Gasteiger partial charge in [-0.3, -0.25) is 24.6 Å². The predicted octanol–water partition coefficient (Wildman–Crippen LogP) is 1.90. The highest BCUT2D eigenvalue weighted by Gasteiger charge is 2.60. The molecule has 15 heteroatoms. The van der Waals surface area contributed by atoms with Crippen molar-refractivity contribution in [3.05, 3.63) is 50.5 Å². The monoisotopic (exact) mass is 631 g/mol. The Bertz CT molecular complexity index is 1370. The van der Waals surface area contributed by atoms with Crippen LogP contribution in [0.5, 0.6) is 0 Å². The van der Waals surface area contributed by atoms with E-state index < -0.39 is 41.0 Å². The van der Waals surface area contributed by atoms with Gasteiger partial charge in [0.05, 0.1) is 23.0 Å². The Morgan fingerprint density at radius 1 is 1.23 bits per heavy atom. The highest BCUT2D eigenvalue weighted by atomic mass is 32.2. The second kappa shape index (κ2) is 12.7. The first-order chi connectivity index (χ1) is 20.9. The van der Waals surface area contributed by atoms with Crippen LogP contribution in [0.25, 0.3) is 0 Å². The van der Waals surface area contributed by atoms with Gasteiger partial charge in [-0.15, -0.1) is 11.8 Å². The molecule has 4 aliphatic heterocycles. The minimum Gasteiger partial charge on any atom is -0.477 e. The molecule has 3 amide bonds. The molecule has 1 aromatic carbocycles. The van der Waals surface area contributed by atoms with E-state index in [1.807, 2.05) is 6.92 Å². The van der Waals surface area contributed by atoms with Crippen molar-refractivity contribution in [3.63, 3.8) is 0 Å². The number of carbonyl (C=O) groups excluding carboxylic acids is 3. The Labute approximate surface area is 258 Å². The average molecular weight is 632 g/mol. The fourth-order valence-electron chi connectivity index (χ4n) is 7.03. The number of nitro groups is 1. The number of aliphatic hydroxyl groups excluding tert-OH is 1. The number of nitro benzene ring substituents is 1. The van der Waals surface area contributed by atoms with Gasteiger partial charge in [-0.25, -0.2) is 9.59 Å². The summed E-state index contributed by atoms with van der Waals surface area (Å²) in [7, 11) is 0. The first-order valence-corrected chi connectivity index (χ1v) is 15.6. The van der Waals surface area contributed by atoms with Crippen molar-refractivity contribution >= 4 is 41.3 Å². The zero-order valence-electron chi connectivity index (χ0n) is 24.5. The Balaban J connectivity index is 1.33. The Morgan fingerprint density at radius 2 is 1.93 bits per heavy atom. The summed E-state index contributed by atoms with van der Waals surface area (Å²) in [5.74, 6) is -2.97. The summed E-state index contributed by atoms with van der Waals surface area (Å²) in [6.07, 6.45) is 0.991. The molecule has 0 radical (unpaired) electrons. The number of aliphatic hydroxyl groups is 1. The van der Waals surface area contributed by atoms with Crippen LogP contribution in [0.15, 0.2) is 34.9 Å². The number of ether oxygens (including phenoxy) is 1. The highest BCUT2D eigenvalue weighted by molar-refractivity contribution is 8.03. The molecule has 4 aliphatic rings. The third kappa shape index (κ3) is 6.13. The lowest BCUT2D eigenvalue weighted by Gasteiger charge is -2.46. The van der Waals surface area contributed by atoms with E-state index in [4.69, 9.17) is 10.5 Å². The van der Waals surface area contributed by atoms with Gasteiger partial charge in [-0.05, 0) is 50.4 Å². The number of aliphatic carboxylic acids is 1. The number of carbonyl (C=O) groups is 4. The summed E-state index contributed by atoms with van der Waals surface area (Å²) >= 11 is 1.35. The van der Waals surface area contributed by atoms with Crippen molar-refractivity contribution in [2.24, 2.45) is 17.6 Å². The number of nitrogens with two attached hydrogens (primary N) is 1. The van der Waals surface area contributed by atoms with Crippen molar-refractivity contribution in [3.8, 4) is 0 Å². The van der Waals surface area contributed by atoms with Crippen LogP contribution in [0, 0.1) is 22.0 Å². The number of amides is 3. The molecular formula is C29H37N5O9S. The molecule has 0 saturated carbocycles. The van der Waals surface area contributed by atoms with E-state index in [0.29, 0.717) is 23.4 Å². The van der Waals surface area contributed by atoms with Crippen LogP contribution in [0.2, 0.25) is 0 Å². The number of non-ortho nitro benzene ring substituents is 1. The topological polar surface area (TPSA) is 197 Å². The molecule has 5 rings (SSSR count). The summed E-state index contributed by atoms with van der Waals surface area (Å²) in [5, 5.41) is 31.0. The molecule has 0 bridgehead atoms. The van der Waals surface area contributed by atoms with Gasteiger partial charge in [0.15, 0.2) is 0 Å². The summed E-state index contributed by atoms with van der Waals surface area (Å²) < 4.78 is 5.62. The van der Waals surface area contributed by atoms with Crippen molar-refractivity contribution in [1.29, 1.82) is 0 Å². The van der Waals surface area contributed by atoms with E-state index in [0.717, 1.165) is 19.4 Å². The molecule has 3 saturated heterocycles. The second-order valence-corrected chi connectivity index (χ2v) is 13.3. The lowest BCUT2D eigenvalue weighted by molar-refractivity contribution is -0.384. The molecule has 7 atom stereocenters. The molecule has 1 aromatic rings. The van der Waals surface area contributed by atoms with Crippen LogP contribution in [-0.2, 0) is 25.7 Å². The van der Waals surface area contributed by atoms with Gasteiger partial charge in [0.25, 0.3) is 5.69 Å². The minimum absolute atomic E-state index is 0.0276. The van der Waals surface area contributed by atoms with E-state index >= 15 is 0 Å². The fraction of sp³-hybridized carbons (Fsp3) is 0.586. The molecule has 0 aromatic heterocycles. The first kappa shape index (κ1) is 31.7. The summed E-state index contributed by atoms with van der Waals surface area (Å²) in [6.45, 7) is 4.81. The van der Waals surface area contributed by atoms with Gasteiger partial charge in [-0.1, -0.05) is 6.92 Å². The van der Waals surface area contributed by atoms with Crippen LogP contribution in [0.1, 0.15) is 45.1 Å². The second-order valence-electron chi connectivity index (χ2n) is 12.0. The van der Waals surface area contributed by atoms with Crippen LogP contribution in [-0.4, -0.2) is 103 Å². The number of hydrogen-bond donors (Lipinski definition) is 3. The molecule has 3 fully saturated rings. The summed E-state index contributed by atoms with van der Waals surface area (Å²) in [4.78, 5) is 66.3. The number of carboxylic acid groups (broad SMARTS) is 1. The lowest BCUT2D eigenvalue weighted by atomic mass is 9.79. The molecule has 4 heterocycles. The molecule has 44 heavy (non-hydrogen) atoms. The Morgan fingerprint density at radius 3 is 2.55 bits per heavy atom. The number of primary amides is 1. The standard InChI is InChI=1S/C29H37N5O9S/c1-15-24-23(16(2)35)27(37)33(24)25(28(38)39)26(15)44-21-10-20(12-31-9-3-4-19(31)11-22(30)36)32(13-21)29(40)43-14-17-5-7-18(8-6-17)34(41)42/h5-8,15-16,19-21,23-24,35H,3-4,9-14H2,1-2H3,(H2,30,36)(H,38,39)/t15-,16-,19?,20+,21+,23-,24-/m1/s1. The third-order valence-electron chi connectivity index (χ3n) is 9.11. The molecule has 4 N–H and O–H groups in total. The fourth-order valence-corrected chi connectivity index (χ4v) is 8.59. The van der Waals surface area contributed by atoms with Crippen LogP contribution >= 0.6 is 11.8 Å². The van der Waals surface area contributed by atoms with E-state index in [-0.39, 0.29) is 60.1 Å². The number of benzene rings is 1. The van der Waals surface area contributed by atoms with E-state index in [1.165, 1.54) is 47.9 Å². The number of carboxylic acids is 1. The van der Waals surface area contributed by atoms with Gasteiger partial charge in [-0.2, -0.15) is 0 Å². The number of nitrogens with zero attached hydrogens (tertiary/aromatic N) is 4. The quantitative estimate of drug-likeness (QED) is 0.183. The third-order valence-corrected chi connectivity index (χ3v) is 10.6. The normalized spacial score (nSPS) is 29.0. The molecule has 0 aliphatic carbocycles. The number of likely N-dealkylation sites (tertiary alicyclic amines) is 2. The van der Waals surface area contributed by atoms with Gasteiger partial charge < -0.3 is 30.5 Å².